The molecule has 2 rings (SSSR count). The number of aliphatic hydroxyl groups is 1. The summed E-state index contributed by atoms with van der Waals surface area (Å²) >= 11 is 8.66. The zero-order valence-electron chi connectivity index (χ0n) is 9.30. The van der Waals surface area contributed by atoms with Gasteiger partial charge in [-0.1, -0.05) is 19.8 Å². The lowest BCUT2D eigenvalue weighted by molar-refractivity contribution is 0.0236. The van der Waals surface area contributed by atoms with Gasteiger partial charge in [0, 0.05) is 11.0 Å². The molecule has 0 amide bonds. The normalized spacial score (nSPS) is 21.2. The highest BCUT2D eigenvalue weighted by molar-refractivity contribution is 9.12. The lowest BCUT2D eigenvalue weighted by atomic mass is 9.76. The van der Waals surface area contributed by atoms with Gasteiger partial charge in [-0.05, 0) is 57.2 Å². The van der Waals surface area contributed by atoms with Gasteiger partial charge in [-0.3, -0.25) is 0 Å². The molecule has 0 aromatic carbocycles. The molecule has 1 aromatic rings. The summed E-state index contributed by atoms with van der Waals surface area (Å²) in [6, 6.07) is 2.05. The highest BCUT2D eigenvalue weighted by Gasteiger charge is 2.40. The molecule has 1 nitrogen and oxygen atoms in total. The Morgan fingerprint density at radius 2 is 2.06 bits per heavy atom. The van der Waals surface area contributed by atoms with Crippen molar-refractivity contribution >= 4 is 43.2 Å². The fourth-order valence-electron chi connectivity index (χ4n) is 2.77. The second kappa shape index (κ2) is 5.09. The Kier molecular flexibility index (Phi) is 4.15. The van der Waals surface area contributed by atoms with Gasteiger partial charge < -0.3 is 5.11 Å². The number of rotatable bonds is 3. The first-order chi connectivity index (χ1) is 7.59. The van der Waals surface area contributed by atoms with Crippen LogP contribution in [0.15, 0.2) is 13.6 Å². The molecule has 0 saturated heterocycles. The molecular formula is C12H16Br2OS. The van der Waals surface area contributed by atoms with Crippen molar-refractivity contribution < 1.29 is 5.11 Å². The average Bonchev–Trinajstić information content (AvgIpc) is 2.85. The predicted octanol–water partition coefficient (Wildman–Crippen LogP) is 5.28. The molecule has 1 aromatic heterocycles. The molecule has 0 radical (unpaired) electrons. The second-order valence-electron chi connectivity index (χ2n) is 4.61. The number of hydrogen-bond donors (Lipinski definition) is 1. The molecule has 1 fully saturated rings. The van der Waals surface area contributed by atoms with E-state index in [-0.39, 0.29) is 11.5 Å². The van der Waals surface area contributed by atoms with E-state index in [4.69, 9.17) is 0 Å². The molecule has 1 heterocycles. The van der Waals surface area contributed by atoms with Crippen LogP contribution in [0.3, 0.4) is 0 Å². The summed E-state index contributed by atoms with van der Waals surface area (Å²) in [5, 5.41) is 10.6. The van der Waals surface area contributed by atoms with Gasteiger partial charge in [0.05, 0.1) is 13.7 Å². The van der Waals surface area contributed by atoms with Crippen molar-refractivity contribution in [3.05, 3.63) is 19.2 Å². The fraction of sp³-hybridized carbons (Fsp3) is 0.667. The van der Waals surface area contributed by atoms with Gasteiger partial charge in [0.15, 0.2) is 0 Å². The largest absolute Gasteiger partial charge is 0.388 e. The summed E-state index contributed by atoms with van der Waals surface area (Å²) in [5.41, 5.74) is 1.17. The Bertz CT molecular complexity index is 369. The van der Waals surface area contributed by atoms with E-state index in [1.165, 1.54) is 12.8 Å². The van der Waals surface area contributed by atoms with Crippen LogP contribution in [0, 0.1) is 5.41 Å². The van der Waals surface area contributed by atoms with E-state index in [1.807, 2.05) is 0 Å². The minimum atomic E-state index is -0.322. The lowest BCUT2D eigenvalue weighted by Crippen LogP contribution is -2.24. The summed E-state index contributed by atoms with van der Waals surface area (Å²) in [6.45, 7) is 2.20. The smallest absolute Gasteiger partial charge is 0.0865 e. The summed E-state index contributed by atoms with van der Waals surface area (Å²) in [7, 11) is 0. The topological polar surface area (TPSA) is 20.2 Å². The van der Waals surface area contributed by atoms with Crippen LogP contribution in [0.5, 0.6) is 0 Å². The SMILES string of the molecule is CCC1(C(O)c2cc(Br)sc2Br)CCCC1. The minimum Gasteiger partial charge on any atom is -0.388 e. The first-order valence-electron chi connectivity index (χ1n) is 5.72. The molecule has 1 N–H and O–H groups in total. The van der Waals surface area contributed by atoms with E-state index in [0.29, 0.717) is 0 Å². The summed E-state index contributed by atoms with van der Waals surface area (Å²) in [5.74, 6) is 0. The molecule has 90 valence electrons. The van der Waals surface area contributed by atoms with Crippen LogP contribution < -0.4 is 0 Å². The third-order valence-corrected chi connectivity index (χ3v) is 6.25. The molecule has 16 heavy (non-hydrogen) atoms. The molecule has 1 saturated carbocycles. The van der Waals surface area contributed by atoms with E-state index in [0.717, 1.165) is 32.4 Å². The van der Waals surface area contributed by atoms with Crippen molar-refractivity contribution in [3.8, 4) is 0 Å². The first kappa shape index (κ1) is 13.1. The van der Waals surface area contributed by atoms with Crippen LogP contribution >= 0.6 is 43.2 Å². The fourth-order valence-corrected chi connectivity index (χ4v) is 5.65. The highest BCUT2D eigenvalue weighted by atomic mass is 79.9. The third-order valence-electron chi connectivity index (χ3n) is 3.86. The highest BCUT2D eigenvalue weighted by Crippen LogP contribution is 2.52. The number of halogens is 2. The molecule has 0 bridgehead atoms. The molecule has 1 aliphatic rings. The zero-order valence-corrected chi connectivity index (χ0v) is 13.3. The van der Waals surface area contributed by atoms with Gasteiger partial charge in [0.1, 0.15) is 0 Å². The Balaban J connectivity index is 2.29. The third kappa shape index (κ3) is 2.26. The second-order valence-corrected chi connectivity index (χ2v) is 8.35. The van der Waals surface area contributed by atoms with Crippen molar-refractivity contribution in [2.75, 3.05) is 0 Å². The molecular weight excluding hydrogens is 352 g/mol. The summed E-state index contributed by atoms with van der Waals surface area (Å²) in [4.78, 5) is 0. The maximum atomic E-state index is 10.6. The van der Waals surface area contributed by atoms with Crippen molar-refractivity contribution in [1.82, 2.24) is 0 Å². The van der Waals surface area contributed by atoms with E-state index < -0.39 is 0 Å². The molecule has 0 spiro atoms. The lowest BCUT2D eigenvalue weighted by Gasteiger charge is -2.33. The van der Waals surface area contributed by atoms with Crippen molar-refractivity contribution in [2.45, 2.75) is 45.1 Å². The maximum absolute atomic E-state index is 10.6. The maximum Gasteiger partial charge on any atom is 0.0865 e. The van der Waals surface area contributed by atoms with Gasteiger partial charge in [0.25, 0.3) is 0 Å². The van der Waals surface area contributed by atoms with Crippen LogP contribution in [0.25, 0.3) is 0 Å². The molecule has 0 aliphatic heterocycles. The molecule has 1 unspecified atom stereocenters. The van der Waals surface area contributed by atoms with Crippen LogP contribution in [-0.4, -0.2) is 5.11 Å². The van der Waals surface area contributed by atoms with Gasteiger partial charge >= 0.3 is 0 Å². The minimum absolute atomic E-state index is 0.114. The Hall–Kier alpha value is 0.620. The molecule has 1 atom stereocenters. The zero-order chi connectivity index (χ0) is 11.8. The van der Waals surface area contributed by atoms with E-state index in [1.54, 1.807) is 11.3 Å². The Morgan fingerprint density at radius 3 is 2.50 bits per heavy atom. The first-order valence-corrected chi connectivity index (χ1v) is 8.12. The van der Waals surface area contributed by atoms with Gasteiger partial charge in [-0.15, -0.1) is 11.3 Å². The van der Waals surface area contributed by atoms with Gasteiger partial charge in [-0.25, -0.2) is 0 Å². The summed E-state index contributed by atoms with van der Waals surface area (Å²) < 4.78 is 2.14. The molecule has 4 heteroatoms. The summed E-state index contributed by atoms with van der Waals surface area (Å²) in [6.07, 6.45) is 5.57. The monoisotopic (exact) mass is 366 g/mol. The van der Waals surface area contributed by atoms with E-state index in [9.17, 15) is 5.11 Å². The van der Waals surface area contributed by atoms with Crippen molar-refractivity contribution in [1.29, 1.82) is 0 Å². The Labute approximate surface area is 118 Å². The standard InChI is InChI=1S/C12H16Br2OS/c1-2-12(5-3-4-6-12)10(15)8-7-9(13)16-11(8)14/h7,10,15H,2-6H2,1H3. The predicted molar refractivity (Wildman–Crippen MR) is 75.9 cm³/mol. The number of thiophene rings is 1. The van der Waals surface area contributed by atoms with Crippen molar-refractivity contribution in [2.24, 2.45) is 5.41 Å². The van der Waals surface area contributed by atoms with Crippen LogP contribution in [0.2, 0.25) is 0 Å². The van der Waals surface area contributed by atoms with E-state index >= 15 is 0 Å². The molecule has 1 aliphatic carbocycles. The Morgan fingerprint density at radius 1 is 1.44 bits per heavy atom. The van der Waals surface area contributed by atoms with Gasteiger partial charge in [0.2, 0.25) is 0 Å². The van der Waals surface area contributed by atoms with Crippen molar-refractivity contribution in [3.63, 3.8) is 0 Å². The van der Waals surface area contributed by atoms with Crippen LogP contribution in [0.1, 0.15) is 50.7 Å². The van der Waals surface area contributed by atoms with E-state index in [2.05, 4.69) is 44.8 Å². The van der Waals surface area contributed by atoms with Crippen LogP contribution in [0.4, 0.5) is 0 Å². The number of hydrogen-bond acceptors (Lipinski definition) is 2. The van der Waals surface area contributed by atoms with Crippen LogP contribution in [-0.2, 0) is 0 Å². The van der Waals surface area contributed by atoms with Gasteiger partial charge in [-0.2, -0.15) is 0 Å². The number of aliphatic hydroxyl groups excluding tert-OH is 1. The average molecular weight is 368 g/mol. The quantitative estimate of drug-likeness (QED) is 0.770.